The molecule has 0 aliphatic rings. The topological polar surface area (TPSA) is 51.6 Å². The van der Waals surface area contributed by atoms with E-state index in [1.807, 2.05) is 24.3 Å². The quantitative estimate of drug-likeness (QED) is 0.896. The smallest absolute Gasteiger partial charge is 0.219 e. The average Bonchev–Trinajstić information content (AvgIpc) is 2.40. The standard InChI is InChI=1S/C15H17NO3/c1-11(17)13-6-7-15(16-9-13)19-14-5-3-4-12(8-14)10-18-2/h3-9,11,17H,10H2,1-2H3/t11-/m0/s1. The minimum Gasteiger partial charge on any atom is -0.439 e. The summed E-state index contributed by atoms with van der Waals surface area (Å²) in [6, 6.07) is 11.2. The van der Waals surface area contributed by atoms with Crippen LogP contribution in [-0.2, 0) is 11.3 Å². The first-order valence-electron chi connectivity index (χ1n) is 6.09. The molecule has 1 N–H and O–H groups in total. The number of rotatable bonds is 5. The van der Waals surface area contributed by atoms with Gasteiger partial charge in [-0.2, -0.15) is 0 Å². The summed E-state index contributed by atoms with van der Waals surface area (Å²) < 4.78 is 10.7. The molecule has 1 aromatic heterocycles. The molecule has 0 aliphatic carbocycles. The molecule has 0 unspecified atom stereocenters. The van der Waals surface area contributed by atoms with Crippen molar-refractivity contribution < 1.29 is 14.6 Å². The predicted molar refractivity (Wildman–Crippen MR) is 72.1 cm³/mol. The number of hydrogen-bond donors (Lipinski definition) is 1. The molecule has 4 heteroatoms. The van der Waals surface area contributed by atoms with Crippen LogP contribution in [0.3, 0.4) is 0 Å². The van der Waals surface area contributed by atoms with Crippen LogP contribution in [0.1, 0.15) is 24.2 Å². The molecule has 1 aromatic carbocycles. The highest BCUT2D eigenvalue weighted by Crippen LogP contribution is 2.22. The summed E-state index contributed by atoms with van der Waals surface area (Å²) in [7, 11) is 1.66. The second kappa shape index (κ2) is 6.31. The number of ether oxygens (including phenoxy) is 2. The maximum absolute atomic E-state index is 9.41. The van der Waals surface area contributed by atoms with Crippen LogP contribution in [0.15, 0.2) is 42.6 Å². The molecule has 0 aliphatic heterocycles. The van der Waals surface area contributed by atoms with E-state index in [-0.39, 0.29) is 0 Å². The second-order valence-corrected chi connectivity index (χ2v) is 4.29. The molecule has 0 spiro atoms. The first-order chi connectivity index (χ1) is 9.19. The number of nitrogens with zero attached hydrogens (tertiary/aromatic N) is 1. The lowest BCUT2D eigenvalue weighted by Gasteiger charge is -2.08. The zero-order chi connectivity index (χ0) is 13.7. The van der Waals surface area contributed by atoms with Gasteiger partial charge in [0.05, 0.1) is 12.7 Å². The molecule has 0 bridgehead atoms. The fourth-order valence-corrected chi connectivity index (χ4v) is 1.69. The fourth-order valence-electron chi connectivity index (χ4n) is 1.69. The summed E-state index contributed by atoms with van der Waals surface area (Å²) in [5.74, 6) is 1.21. The van der Waals surface area contributed by atoms with Gasteiger partial charge in [-0.3, -0.25) is 0 Å². The average molecular weight is 259 g/mol. The van der Waals surface area contributed by atoms with Gasteiger partial charge in [0.1, 0.15) is 5.75 Å². The highest BCUT2D eigenvalue weighted by molar-refractivity contribution is 5.31. The van der Waals surface area contributed by atoms with Gasteiger partial charge in [0.15, 0.2) is 0 Å². The van der Waals surface area contributed by atoms with E-state index >= 15 is 0 Å². The molecule has 1 atom stereocenters. The third-order valence-corrected chi connectivity index (χ3v) is 2.67. The van der Waals surface area contributed by atoms with Crippen molar-refractivity contribution in [3.8, 4) is 11.6 Å². The van der Waals surface area contributed by atoms with E-state index in [0.717, 1.165) is 11.1 Å². The largest absolute Gasteiger partial charge is 0.439 e. The fraction of sp³-hybridized carbons (Fsp3) is 0.267. The number of benzene rings is 1. The lowest BCUT2D eigenvalue weighted by Crippen LogP contribution is -1.94. The first-order valence-corrected chi connectivity index (χ1v) is 6.09. The van der Waals surface area contributed by atoms with Crippen molar-refractivity contribution in [1.29, 1.82) is 0 Å². The van der Waals surface area contributed by atoms with E-state index in [1.165, 1.54) is 0 Å². The Labute approximate surface area is 112 Å². The van der Waals surface area contributed by atoms with Crippen LogP contribution in [0.2, 0.25) is 0 Å². The van der Waals surface area contributed by atoms with Crippen molar-refractivity contribution in [2.24, 2.45) is 0 Å². The lowest BCUT2D eigenvalue weighted by atomic mass is 10.2. The third kappa shape index (κ3) is 3.77. The van der Waals surface area contributed by atoms with Crippen molar-refractivity contribution in [1.82, 2.24) is 4.98 Å². The molecular formula is C15H17NO3. The van der Waals surface area contributed by atoms with Gasteiger partial charge in [0.2, 0.25) is 5.88 Å². The van der Waals surface area contributed by atoms with Crippen LogP contribution < -0.4 is 4.74 Å². The van der Waals surface area contributed by atoms with E-state index in [0.29, 0.717) is 18.2 Å². The maximum atomic E-state index is 9.41. The number of aliphatic hydroxyl groups is 1. The SMILES string of the molecule is COCc1cccc(Oc2ccc([C@H](C)O)cn2)c1. The maximum Gasteiger partial charge on any atom is 0.219 e. The molecule has 1 heterocycles. The van der Waals surface area contributed by atoms with E-state index in [9.17, 15) is 5.11 Å². The van der Waals surface area contributed by atoms with Crippen molar-refractivity contribution in [3.63, 3.8) is 0 Å². The summed E-state index contributed by atoms with van der Waals surface area (Å²) in [5.41, 5.74) is 1.81. The van der Waals surface area contributed by atoms with Crippen molar-refractivity contribution in [3.05, 3.63) is 53.7 Å². The van der Waals surface area contributed by atoms with Crippen LogP contribution >= 0.6 is 0 Å². The zero-order valence-electron chi connectivity index (χ0n) is 11.0. The Morgan fingerprint density at radius 2 is 2.11 bits per heavy atom. The Bertz CT molecular complexity index is 523. The Morgan fingerprint density at radius 3 is 2.74 bits per heavy atom. The van der Waals surface area contributed by atoms with Crippen molar-refractivity contribution in [2.75, 3.05) is 7.11 Å². The number of pyridine rings is 1. The number of methoxy groups -OCH3 is 1. The molecule has 19 heavy (non-hydrogen) atoms. The highest BCUT2D eigenvalue weighted by Gasteiger charge is 2.03. The van der Waals surface area contributed by atoms with E-state index in [1.54, 1.807) is 32.4 Å². The van der Waals surface area contributed by atoms with Crippen LogP contribution in [0, 0.1) is 0 Å². The number of hydrogen-bond acceptors (Lipinski definition) is 4. The molecular weight excluding hydrogens is 242 g/mol. The van der Waals surface area contributed by atoms with Gasteiger partial charge in [0.25, 0.3) is 0 Å². The van der Waals surface area contributed by atoms with Crippen LogP contribution in [0.4, 0.5) is 0 Å². The van der Waals surface area contributed by atoms with E-state index in [2.05, 4.69) is 4.98 Å². The third-order valence-electron chi connectivity index (χ3n) is 2.67. The second-order valence-electron chi connectivity index (χ2n) is 4.29. The molecule has 100 valence electrons. The minimum atomic E-state index is -0.522. The van der Waals surface area contributed by atoms with Gasteiger partial charge in [0, 0.05) is 19.4 Å². The van der Waals surface area contributed by atoms with Crippen molar-refractivity contribution >= 4 is 0 Å². The number of aliphatic hydroxyl groups excluding tert-OH is 1. The summed E-state index contributed by atoms with van der Waals surface area (Å²) in [4.78, 5) is 4.16. The van der Waals surface area contributed by atoms with Crippen LogP contribution in [0.5, 0.6) is 11.6 Å². The van der Waals surface area contributed by atoms with Crippen LogP contribution in [0.25, 0.3) is 0 Å². The Balaban J connectivity index is 2.10. The van der Waals surface area contributed by atoms with Crippen molar-refractivity contribution in [2.45, 2.75) is 19.6 Å². The lowest BCUT2D eigenvalue weighted by molar-refractivity contribution is 0.184. The normalized spacial score (nSPS) is 12.2. The van der Waals surface area contributed by atoms with Gasteiger partial charge >= 0.3 is 0 Å². The van der Waals surface area contributed by atoms with Gasteiger partial charge in [-0.1, -0.05) is 12.1 Å². The Kier molecular flexibility index (Phi) is 4.49. The summed E-state index contributed by atoms with van der Waals surface area (Å²) in [5, 5.41) is 9.41. The molecule has 4 nitrogen and oxygen atoms in total. The van der Waals surface area contributed by atoms with E-state index in [4.69, 9.17) is 9.47 Å². The van der Waals surface area contributed by atoms with Gasteiger partial charge < -0.3 is 14.6 Å². The molecule has 0 saturated heterocycles. The minimum absolute atomic E-state index is 0.499. The van der Waals surface area contributed by atoms with E-state index < -0.39 is 6.10 Å². The van der Waals surface area contributed by atoms with Crippen LogP contribution in [-0.4, -0.2) is 17.2 Å². The molecule has 0 fully saturated rings. The molecule has 0 radical (unpaired) electrons. The Morgan fingerprint density at radius 1 is 1.26 bits per heavy atom. The number of aromatic nitrogens is 1. The first kappa shape index (κ1) is 13.5. The summed E-state index contributed by atoms with van der Waals surface area (Å²) >= 11 is 0. The van der Waals surface area contributed by atoms with Gasteiger partial charge in [-0.25, -0.2) is 4.98 Å². The highest BCUT2D eigenvalue weighted by atomic mass is 16.5. The Hall–Kier alpha value is -1.91. The molecule has 2 aromatic rings. The summed E-state index contributed by atoms with van der Waals surface area (Å²) in [6.45, 7) is 2.25. The monoisotopic (exact) mass is 259 g/mol. The molecule has 2 rings (SSSR count). The van der Waals surface area contributed by atoms with Gasteiger partial charge in [-0.05, 0) is 36.2 Å². The molecule has 0 amide bonds. The van der Waals surface area contributed by atoms with Gasteiger partial charge in [-0.15, -0.1) is 0 Å². The zero-order valence-corrected chi connectivity index (χ0v) is 11.0. The molecule has 0 saturated carbocycles. The summed E-state index contributed by atoms with van der Waals surface area (Å²) in [6.07, 6.45) is 1.09. The predicted octanol–water partition coefficient (Wildman–Crippen LogP) is 3.07.